The molecule has 0 unspecified atom stereocenters. The zero-order valence-electron chi connectivity index (χ0n) is 9.55. The van der Waals surface area contributed by atoms with Crippen molar-refractivity contribution in [3.05, 3.63) is 0 Å². The van der Waals surface area contributed by atoms with Crippen molar-refractivity contribution in [1.29, 1.82) is 0 Å². The first-order chi connectivity index (χ1) is 5.91. The quantitative estimate of drug-likeness (QED) is 0.754. The van der Waals surface area contributed by atoms with E-state index in [1.54, 1.807) is 13.8 Å². The summed E-state index contributed by atoms with van der Waals surface area (Å²) in [5.74, 6) is 0. The fourth-order valence-electron chi connectivity index (χ4n) is 1.73. The lowest BCUT2D eigenvalue weighted by Gasteiger charge is -2.33. The lowest BCUT2D eigenvalue weighted by Crippen LogP contribution is -2.46. The molecule has 0 amide bonds. The average Bonchev–Trinajstić information content (AvgIpc) is 1.76. The molecule has 0 aliphatic carbocycles. The molecule has 0 rings (SSSR count). The lowest BCUT2D eigenvalue weighted by molar-refractivity contribution is -0.128. The largest absolute Gasteiger partial charge is 0.401 e. The van der Waals surface area contributed by atoms with Crippen LogP contribution in [0, 0.1) is 5.41 Å². The lowest BCUT2D eigenvalue weighted by atomic mass is 9.82. The zero-order valence-corrected chi connectivity index (χ0v) is 9.55. The zero-order chi connectivity index (χ0) is 11.6. The number of hydrogen-bond donors (Lipinski definition) is 1. The van der Waals surface area contributed by atoms with Crippen LogP contribution in [0.4, 0.5) is 13.2 Å². The summed E-state index contributed by atoms with van der Waals surface area (Å²) in [7, 11) is 0. The minimum atomic E-state index is -4.13. The highest BCUT2D eigenvalue weighted by Gasteiger charge is 2.32. The molecule has 0 aromatic heterocycles. The molecule has 0 atom stereocenters. The van der Waals surface area contributed by atoms with E-state index in [2.05, 4.69) is 5.32 Å². The van der Waals surface area contributed by atoms with Crippen LogP contribution in [0.2, 0.25) is 0 Å². The van der Waals surface area contributed by atoms with Gasteiger partial charge in [0.1, 0.15) is 0 Å². The van der Waals surface area contributed by atoms with Gasteiger partial charge >= 0.3 is 6.18 Å². The normalized spacial score (nSPS) is 14.6. The van der Waals surface area contributed by atoms with Gasteiger partial charge in [-0.05, 0) is 25.7 Å². The monoisotopic (exact) mass is 211 g/mol. The average molecular weight is 211 g/mol. The summed E-state index contributed by atoms with van der Waals surface area (Å²) in [4.78, 5) is 0. The van der Waals surface area contributed by atoms with E-state index in [4.69, 9.17) is 0 Å². The second-order valence-electron chi connectivity index (χ2n) is 5.59. The van der Waals surface area contributed by atoms with Crippen LogP contribution in [0.5, 0.6) is 0 Å². The van der Waals surface area contributed by atoms with Crippen LogP contribution in [-0.2, 0) is 0 Å². The Labute approximate surface area is 84.1 Å². The molecule has 0 aliphatic rings. The summed E-state index contributed by atoms with van der Waals surface area (Å²) in [5, 5.41) is 2.53. The molecule has 0 saturated heterocycles. The van der Waals surface area contributed by atoms with Crippen molar-refractivity contribution >= 4 is 0 Å². The van der Waals surface area contributed by atoms with Crippen molar-refractivity contribution in [1.82, 2.24) is 5.32 Å². The van der Waals surface area contributed by atoms with E-state index >= 15 is 0 Å². The molecule has 0 fully saturated rings. The van der Waals surface area contributed by atoms with Crippen LogP contribution in [0.25, 0.3) is 0 Å². The van der Waals surface area contributed by atoms with Crippen LogP contribution in [0.3, 0.4) is 0 Å². The summed E-state index contributed by atoms with van der Waals surface area (Å²) in [6.07, 6.45) is -3.43. The third kappa shape index (κ3) is 8.35. The molecule has 0 bridgehead atoms. The topological polar surface area (TPSA) is 12.0 Å². The minimum Gasteiger partial charge on any atom is -0.304 e. The van der Waals surface area contributed by atoms with E-state index in [1.165, 1.54) is 0 Å². The van der Waals surface area contributed by atoms with Crippen LogP contribution in [0.15, 0.2) is 0 Å². The molecule has 0 saturated carbocycles. The van der Waals surface area contributed by atoms with E-state index in [1.807, 2.05) is 20.8 Å². The van der Waals surface area contributed by atoms with Gasteiger partial charge in [0, 0.05) is 5.54 Å². The Balaban J connectivity index is 4.09. The summed E-state index contributed by atoms with van der Waals surface area (Å²) < 4.78 is 35.9. The number of halogens is 3. The number of alkyl halides is 3. The Morgan fingerprint density at radius 1 is 0.929 bits per heavy atom. The molecule has 1 nitrogen and oxygen atoms in total. The maximum absolute atomic E-state index is 12.0. The molecule has 4 heteroatoms. The molecular weight excluding hydrogens is 191 g/mol. The van der Waals surface area contributed by atoms with Gasteiger partial charge in [-0.2, -0.15) is 13.2 Å². The van der Waals surface area contributed by atoms with Gasteiger partial charge in [-0.1, -0.05) is 20.8 Å². The number of nitrogens with one attached hydrogen (secondary N) is 1. The molecule has 1 N–H and O–H groups in total. The van der Waals surface area contributed by atoms with E-state index < -0.39 is 18.3 Å². The first-order valence-electron chi connectivity index (χ1n) is 4.73. The van der Waals surface area contributed by atoms with E-state index in [0.717, 1.165) is 0 Å². The smallest absolute Gasteiger partial charge is 0.304 e. The van der Waals surface area contributed by atoms with Crippen molar-refractivity contribution in [3.8, 4) is 0 Å². The molecule has 86 valence electrons. The van der Waals surface area contributed by atoms with Crippen LogP contribution < -0.4 is 5.32 Å². The summed E-state index contributed by atoms with van der Waals surface area (Å²) in [6.45, 7) is 8.72. The van der Waals surface area contributed by atoms with Crippen molar-refractivity contribution in [2.24, 2.45) is 5.41 Å². The van der Waals surface area contributed by atoms with E-state index in [0.29, 0.717) is 6.42 Å². The molecule has 0 spiro atoms. The van der Waals surface area contributed by atoms with Crippen molar-refractivity contribution < 1.29 is 13.2 Å². The second-order valence-corrected chi connectivity index (χ2v) is 5.59. The predicted octanol–water partition coefficient (Wildman–Crippen LogP) is 3.35. The molecule has 14 heavy (non-hydrogen) atoms. The highest BCUT2D eigenvalue weighted by atomic mass is 19.4. The van der Waals surface area contributed by atoms with Gasteiger partial charge in [-0.3, -0.25) is 0 Å². The maximum atomic E-state index is 12.0. The van der Waals surface area contributed by atoms with Gasteiger partial charge in [-0.15, -0.1) is 0 Å². The Morgan fingerprint density at radius 3 is 1.64 bits per heavy atom. The Kier molecular flexibility index (Phi) is 4.02. The highest BCUT2D eigenvalue weighted by Crippen LogP contribution is 2.27. The fraction of sp³-hybridized carbons (Fsp3) is 1.00. The number of rotatable bonds is 3. The van der Waals surface area contributed by atoms with Crippen molar-refractivity contribution in [2.45, 2.75) is 52.8 Å². The molecule has 0 aromatic carbocycles. The van der Waals surface area contributed by atoms with E-state index in [9.17, 15) is 13.2 Å². The molecule has 0 aromatic rings. The van der Waals surface area contributed by atoms with Gasteiger partial charge in [0.05, 0.1) is 6.54 Å². The minimum absolute atomic E-state index is 0.0299. The van der Waals surface area contributed by atoms with Crippen LogP contribution in [-0.4, -0.2) is 18.3 Å². The van der Waals surface area contributed by atoms with Crippen molar-refractivity contribution in [2.75, 3.05) is 6.54 Å². The highest BCUT2D eigenvalue weighted by molar-refractivity contribution is 4.83. The van der Waals surface area contributed by atoms with Crippen molar-refractivity contribution in [3.63, 3.8) is 0 Å². The molecule has 0 radical (unpaired) electrons. The predicted molar refractivity (Wildman–Crippen MR) is 52.2 cm³/mol. The fourth-order valence-corrected chi connectivity index (χ4v) is 1.73. The standard InChI is InChI=1S/C10H20F3N/c1-8(2,3)6-9(4,5)14-7-10(11,12)13/h14H,6-7H2,1-5H3. The van der Waals surface area contributed by atoms with Gasteiger partial charge in [-0.25, -0.2) is 0 Å². The van der Waals surface area contributed by atoms with Gasteiger partial charge in [0.2, 0.25) is 0 Å². The second kappa shape index (κ2) is 4.09. The van der Waals surface area contributed by atoms with Crippen LogP contribution in [0.1, 0.15) is 41.0 Å². The SMILES string of the molecule is CC(C)(C)CC(C)(C)NCC(F)(F)F. The maximum Gasteiger partial charge on any atom is 0.401 e. The van der Waals surface area contributed by atoms with Gasteiger partial charge in [0.25, 0.3) is 0 Å². The third-order valence-corrected chi connectivity index (χ3v) is 1.74. The molecule has 0 aliphatic heterocycles. The summed E-state index contributed by atoms with van der Waals surface area (Å²) in [5.41, 5.74) is -0.449. The summed E-state index contributed by atoms with van der Waals surface area (Å²) in [6, 6.07) is 0. The molecular formula is C10H20F3N. The Bertz CT molecular complexity index is 177. The third-order valence-electron chi connectivity index (χ3n) is 1.74. The van der Waals surface area contributed by atoms with Gasteiger partial charge in [0.15, 0.2) is 0 Å². The first-order valence-corrected chi connectivity index (χ1v) is 4.73. The molecule has 0 heterocycles. The number of hydrogen-bond acceptors (Lipinski definition) is 1. The van der Waals surface area contributed by atoms with Gasteiger partial charge < -0.3 is 5.32 Å². The first kappa shape index (κ1) is 13.8. The van der Waals surface area contributed by atoms with Crippen LogP contribution >= 0.6 is 0 Å². The summed E-state index contributed by atoms with van der Waals surface area (Å²) >= 11 is 0. The van der Waals surface area contributed by atoms with E-state index in [-0.39, 0.29) is 5.41 Å². The Morgan fingerprint density at radius 2 is 1.36 bits per heavy atom. The Hall–Kier alpha value is -0.250.